The SMILES string of the molecule is C/C=C(\C)[Si](CC)(NCC)[Si](CC)(CC)CC. The number of rotatable bonds is 8. The molecule has 1 nitrogen and oxygen atoms in total. The third-order valence-corrected chi connectivity index (χ3v) is 26.0. The molecule has 102 valence electrons. The zero-order valence-electron chi connectivity index (χ0n) is 13.1. The third kappa shape index (κ3) is 2.94. The van der Waals surface area contributed by atoms with Crippen molar-refractivity contribution < 1.29 is 0 Å². The molecule has 0 bridgehead atoms. The molecule has 1 atom stereocenters. The van der Waals surface area contributed by atoms with Crippen LogP contribution in [-0.4, -0.2) is 21.9 Å². The van der Waals surface area contributed by atoms with E-state index in [9.17, 15) is 0 Å². The van der Waals surface area contributed by atoms with E-state index in [1.54, 1.807) is 5.20 Å². The summed E-state index contributed by atoms with van der Waals surface area (Å²) >= 11 is 0. The van der Waals surface area contributed by atoms with E-state index in [0.717, 1.165) is 6.54 Å². The summed E-state index contributed by atoms with van der Waals surface area (Å²) in [5.74, 6) is 0. The Hall–Kier alpha value is 0.134. The quantitative estimate of drug-likeness (QED) is 0.634. The Morgan fingerprint density at radius 1 is 0.941 bits per heavy atom. The largest absolute Gasteiger partial charge is 0.336 e. The average molecular weight is 272 g/mol. The van der Waals surface area contributed by atoms with Crippen LogP contribution in [0.5, 0.6) is 0 Å². The molecular weight excluding hydrogens is 238 g/mol. The zero-order chi connectivity index (χ0) is 13.5. The fourth-order valence-corrected chi connectivity index (χ4v) is 23.5. The van der Waals surface area contributed by atoms with Crippen LogP contribution in [0, 0.1) is 0 Å². The summed E-state index contributed by atoms with van der Waals surface area (Å²) in [6.45, 7) is 17.8. The Balaban J connectivity index is 5.69. The Morgan fingerprint density at radius 2 is 1.41 bits per heavy atom. The molecule has 1 N–H and O–H groups in total. The molecule has 0 aliphatic heterocycles. The van der Waals surface area contributed by atoms with E-state index in [4.69, 9.17) is 0 Å². The van der Waals surface area contributed by atoms with E-state index < -0.39 is 15.3 Å². The van der Waals surface area contributed by atoms with Crippen molar-refractivity contribution in [2.45, 2.75) is 72.6 Å². The highest BCUT2D eigenvalue weighted by atomic mass is 29.3. The van der Waals surface area contributed by atoms with Gasteiger partial charge in [0.2, 0.25) is 0 Å². The zero-order valence-corrected chi connectivity index (χ0v) is 15.1. The Bertz CT molecular complexity index is 238. The highest BCUT2D eigenvalue weighted by Gasteiger charge is 2.51. The second-order valence-electron chi connectivity index (χ2n) is 5.10. The van der Waals surface area contributed by atoms with Gasteiger partial charge in [-0.1, -0.05) is 64.0 Å². The van der Waals surface area contributed by atoms with Crippen molar-refractivity contribution in [1.82, 2.24) is 4.98 Å². The van der Waals surface area contributed by atoms with Crippen LogP contribution in [-0.2, 0) is 0 Å². The van der Waals surface area contributed by atoms with Crippen molar-refractivity contribution in [3.8, 4) is 0 Å². The lowest BCUT2D eigenvalue weighted by Crippen LogP contribution is -2.71. The van der Waals surface area contributed by atoms with Crippen molar-refractivity contribution >= 4 is 15.3 Å². The van der Waals surface area contributed by atoms with E-state index in [1.807, 2.05) is 0 Å². The smallest absolute Gasteiger partial charge is 0.141 e. The molecule has 1 unspecified atom stereocenters. The molecule has 0 radical (unpaired) electrons. The molecule has 0 saturated carbocycles. The summed E-state index contributed by atoms with van der Waals surface area (Å²) in [4.78, 5) is 4.02. The summed E-state index contributed by atoms with van der Waals surface area (Å²) < 4.78 is 0. The van der Waals surface area contributed by atoms with Crippen LogP contribution in [0.2, 0.25) is 24.2 Å². The predicted octanol–water partition coefficient (Wildman–Crippen LogP) is 4.65. The molecule has 3 heteroatoms. The van der Waals surface area contributed by atoms with E-state index in [2.05, 4.69) is 59.5 Å². The topological polar surface area (TPSA) is 12.0 Å². The summed E-state index contributed by atoms with van der Waals surface area (Å²) in [6, 6.07) is 5.70. The highest BCUT2D eigenvalue weighted by Crippen LogP contribution is 2.36. The van der Waals surface area contributed by atoms with Crippen molar-refractivity contribution in [3.63, 3.8) is 0 Å². The third-order valence-electron chi connectivity index (χ3n) is 5.05. The van der Waals surface area contributed by atoms with Crippen molar-refractivity contribution in [1.29, 1.82) is 0 Å². The molecule has 17 heavy (non-hydrogen) atoms. The Morgan fingerprint density at radius 3 is 1.65 bits per heavy atom. The highest BCUT2D eigenvalue weighted by molar-refractivity contribution is 7.44. The lowest BCUT2D eigenvalue weighted by atomic mass is 10.6. The van der Waals surface area contributed by atoms with Crippen LogP contribution in [0.3, 0.4) is 0 Å². The molecule has 0 rings (SSSR count). The minimum absolute atomic E-state index is 1.14. The van der Waals surface area contributed by atoms with Gasteiger partial charge in [0.1, 0.15) is 7.75 Å². The summed E-state index contributed by atoms with van der Waals surface area (Å²) in [7, 11) is -2.55. The van der Waals surface area contributed by atoms with Crippen LogP contribution in [0.4, 0.5) is 0 Å². The summed E-state index contributed by atoms with van der Waals surface area (Å²) in [6.07, 6.45) is 2.39. The van der Waals surface area contributed by atoms with E-state index in [-0.39, 0.29) is 0 Å². The van der Waals surface area contributed by atoms with Crippen LogP contribution in [0.15, 0.2) is 11.3 Å². The van der Waals surface area contributed by atoms with Gasteiger partial charge in [0.25, 0.3) is 0 Å². The molecule has 0 aromatic carbocycles. The predicted molar refractivity (Wildman–Crippen MR) is 86.5 cm³/mol. The van der Waals surface area contributed by atoms with Crippen molar-refractivity contribution in [3.05, 3.63) is 11.3 Å². The first-order valence-electron chi connectivity index (χ1n) is 7.42. The van der Waals surface area contributed by atoms with Gasteiger partial charge in [0, 0.05) is 0 Å². The Labute approximate surface area is 111 Å². The van der Waals surface area contributed by atoms with Crippen LogP contribution >= 0.6 is 0 Å². The second-order valence-corrected chi connectivity index (χ2v) is 19.2. The summed E-state index contributed by atoms with van der Waals surface area (Å²) in [5.41, 5.74) is 0. The monoisotopic (exact) mass is 271 g/mol. The first-order valence-corrected chi connectivity index (χ1v) is 13.2. The molecule has 0 amide bonds. The maximum Gasteiger partial charge on any atom is 0.141 e. The molecule has 0 spiro atoms. The molecule has 0 fully saturated rings. The fraction of sp³-hybridized carbons (Fsp3) is 0.857. The average Bonchev–Trinajstić information content (AvgIpc) is 2.38. The van der Waals surface area contributed by atoms with Gasteiger partial charge in [-0.2, -0.15) is 0 Å². The lowest BCUT2D eigenvalue weighted by Gasteiger charge is -2.48. The van der Waals surface area contributed by atoms with E-state index in [0.29, 0.717) is 0 Å². The first kappa shape index (κ1) is 17.1. The minimum Gasteiger partial charge on any atom is -0.336 e. The second kappa shape index (κ2) is 7.54. The van der Waals surface area contributed by atoms with Crippen molar-refractivity contribution in [2.75, 3.05) is 6.54 Å². The molecule has 0 aliphatic carbocycles. The van der Waals surface area contributed by atoms with E-state index in [1.165, 1.54) is 24.2 Å². The van der Waals surface area contributed by atoms with Gasteiger partial charge >= 0.3 is 0 Å². The molecule has 0 aromatic rings. The number of nitrogens with one attached hydrogen (secondary N) is 1. The fourth-order valence-electron chi connectivity index (χ4n) is 3.73. The van der Waals surface area contributed by atoms with Gasteiger partial charge in [0.15, 0.2) is 0 Å². The van der Waals surface area contributed by atoms with Crippen molar-refractivity contribution in [2.24, 2.45) is 0 Å². The van der Waals surface area contributed by atoms with Gasteiger partial charge < -0.3 is 4.98 Å². The van der Waals surface area contributed by atoms with Crippen LogP contribution in [0.25, 0.3) is 0 Å². The molecule has 0 saturated heterocycles. The normalized spacial score (nSPS) is 17.0. The summed E-state index contributed by atoms with van der Waals surface area (Å²) in [5, 5.41) is 1.71. The van der Waals surface area contributed by atoms with Crippen LogP contribution < -0.4 is 4.98 Å². The van der Waals surface area contributed by atoms with Gasteiger partial charge in [-0.05, 0) is 26.4 Å². The van der Waals surface area contributed by atoms with Gasteiger partial charge in [-0.15, -0.1) is 0 Å². The molecular formula is C14H33NSi2. The van der Waals surface area contributed by atoms with Gasteiger partial charge in [-0.3, -0.25) is 0 Å². The van der Waals surface area contributed by atoms with Crippen LogP contribution in [0.1, 0.15) is 48.5 Å². The standard InChI is InChI=1S/C14H33NSi2/c1-8-14(7)17(13-6,15-9-2)16(10-3,11-4)12-5/h8,15H,9-13H2,1-7H3/b14-8+. The maximum atomic E-state index is 4.02. The molecule has 0 heterocycles. The maximum absolute atomic E-state index is 4.02. The molecule has 0 aromatic heterocycles. The van der Waals surface area contributed by atoms with Gasteiger partial charge in [-0.25, -0.2) is 0 Å². The van der Waals surface area contributed by atoms with Gasteiger partial charge in [0.05, 0.1) is 7.59 Å². The molecule has 0 aliphatic rings. The number of allylic oxidation sites excluding steroid dienone is 2. The Kier molecular flexibility index (Phi) is 7.60. The minimum atomic E-state index is -1.40. The lowest BCUT2D eigenvalue weighted by molar-refractivity contribution is 0.953. The van der Waals surface area contributed by atoms with E-state index >= 15 is 0 Å². The first-order chi connectivity index (χ1) is 8.03. The number of hydrogen-bond acceptors (Lipinski definition) is 1. The number of hydrogen-bond donors (Lipinski definition) is 1.